The van der Waals surface area contributed by atoms with Crippen LogP contribution in [0.4, 0.5) is 0 Å². The van der Waals surface area contributed by atoms with Crippen molar-refractivity contribution in [2.75, 3.05) is 19.6 Å². The highest BCUT2D eigenvalue weighted by atomic mass is 35.5. The van der Waals surface area contributed by atoms with E-state index in [1.165, 1.54) is 17.2 Å². The summed E-state index contributed by atoms with van der Waals surface area (Å²) >= 11 is 5.95. The Kier molecular flexibility index (Phi) is 6.77. The number of hydrogen-bond donors (Lipinski definition) is 0. The van der Waals surface area contributed by atoms with Crippen LogP contribution < -0.4 is 0 Å². The number of ether oxygens (including phenoxy) is 1. The first-order chi connectivity index (χ1) is 15.5. The van der Waals surface area contributed by atoms with Crippen molar-refractivity contribution in [3.63, 3.8) is 0 Å². The minimum absolute atomic E-state index is 0.0498. The molecule has 4 rings (SSSR count). The lowest BCUT2D eigenvalue weighted by Crippen LogP contribution is -2.39. The molecule has 1 aliphatic rings. The number of carbonyl (C=O) groups excluding carboxylic acids is 2. The summed E-state index contributed by atoms with van der Waals surface area (Å²) in [6.07, 6.45) is 8.12. The van der Waals surface area contributed by atoms with Crippen molar-refractivity contribution in [2.45, 2.75) is 19.3 Å². The second-order valence-corrected chi connectivity index (χ2v) is 8.03. The number of aryl methyl sites for hydroxylation is 1. The third-order valence-corrected chi connectivity index (χ3v) is 5.33. The maximum absolute atomic E-state index is 13.1. The second-order valence-electron chi connectivity index (χ2n) is 7.64. The van der Waals surface area contributed by atoms with Gasteiger partial charge in [0.05, 0.1) is 18.9 Å². The number of hydrogen-bond acceptors (Lipinski definition) is 6. The number of aromatic nitrogens is 4. The molecule has 166 valence electrons. The van der Waals surface area contributed by atoms with E-state index in [9.17, 15) is 9.59 Å². The molecule has 0 radical (unpaired) electrons. The lowest BCUT2D eigenvalue weighted by atomic mass is 10.2. The number of halogens is 1. The average molecular weight is 455 g/mol. The van der Waals surface area contributed by atoms with Crippen LogP contribution >= 0.6 is 11.6 Å². The molecule has 0 aromatic carbocycles. The lowest BCUT2D eigenvalue weighted by Gasteiger charge is -2.24. The van der Waals surface area contributed by atoms with Gasteiger partial charge in [-0.2, -0.15) is 5.10 Å². The van der Waals surface area contributed by atoms with Crippen LogP contribution in [0.15, 0.2) is 55.2 Å². The fourth-order valence-corrected chi connectivity index (χ4v) is 3.76. The monoisotopic (exact) mass is 454 g/mol. The van der Waals surface area contributed by atoms with E-state index in [1.54, 1.807) is 34.2 Å². The summed E-state index contributed by atoms with van der Waals surface area (Å²) in [6, 6.07) is 6.85. The minimum atomic E-state index is -0.375. The topological polar surface area (TPSA) is 93.5 Å². The van der Waals surface area contributed by atoms with Gasteiger partial charge in [0.25, 0.3) is 5.91 Å². The zero-order chi connectivity index (χ0) is 22.5. The first kappa shape index (κ1) is 21.9. The molecule has 1 atom stereocenters. The molecule has 1 aliphatic heterocycles. The summed E-state index contributed by atoms with van der Waals surface area (Å²) < 4.78 is 7.81. The van der Waals surface area contributed by atoms with E-state index in [-0.39, 0.29) is 36.2 Å². The molecule has 1 fully saturated rings. The van der Waals surface area contributed by atoms with Gasteiger partial charge in [-0.15, -0.1) is 0 Å². The van der Waals surface area contributed by atoms with Crippen LogP contribution in [0, 0.1) is 0 Å². The van der Waals surface area contributed by atoms with Gasteiger partial charge in [0.2, 0.25) is 5.91 Å². The molecule has 0 N–H and O–H groups in total. The van der Waals surface area contributed by atoms with Crippen molar-refractivity contribution in [1.82, 2.24) is 29.5 Å². The van der Waals surface area contributed by atoms with Crippen molar-refractivity contribution >= 4 is 23.4 Å². The summed E-state index contributed by atoms with van der Waals surface area (Å²) in [5.41, 5.74) is 2.21. The van der Waals surface area contributed by atoms with Gasteiger partial charge in [-0.3, -0.25) is 19.3 Å². The highest BCUT2D eigenvalue weighted by molar-refractivity contribution is 6.29. The van der Waals surface area contributed by atoms with Gasteiger partial charge in [-0.25, -0.2) is 4.98 Å². The molecule has 0 spiro atoms. The highest BCUT2D eigenvalue weighted by Crippen LogP contribution is 2.17. The molecule has 0 aliphatic carbocycles. The van der Waals surface area contributed by atoms with Crippen LogP contribution in [0.1, 0.15) is 21.5 Å². The zero-order valence-electron chi connectivity index (χ0n) is 17.6. The fourth-order valence-electron chi connectivity index (χ4n) is 3.58. The Morgan fingerprint density at radius 2 is 2.09 bits per heavy atom. The quantitative estimate of drug-likeness (QED) is 0.528. The molecule has 1 unspecified atom stereocenters. The summed E-state index contributed by atoms with van der Waals surface area (Å²) in [6.45, 7) is 1.30. The Morgan fingerprint density at radius 3 is 2.81 bits per heavy atom. The Bertz CT molecular complexity index is 1090. The first-order valence-electron chi connectivity index (χ1n) is 10.1. The summed E-state index contributed by atoms with van der Waals surface area (Å²) in [5.74, 6) is -0.448. The van der Waals surface area contributed by atoms with Gasteiger partial charge >= 0.3 is 0 Å². The minimum Gasteiger partial charge on any atom is -0.370 e. The van der Waals surface area contributed by atoms with Crippen LogP contribution in [-0.2, 0) is 29.7 Å². The molecule has 0 saturated carbocycles. The summed E-state index contributed by atoms with van der Waals surface area (Å²) in [4.78, 5) is 37.4. The molecule has 4 heterocycles. The highest BCUT2D eigenvalue weighted by Gasteiger charge is 2.31. The second kappa shape index (κ2) is 9.88. The van der Waals surface area contributed by atoms with Crippen molar-refractivity contribution < 1.29 is 14.3 Å². The summed E-state index contributed by atoms with van der Waals surface area (Å²) in [7, 11) is 1.83. The predicted octanol–water partition coefficient (Wildman–Crippen LogP) is 1.93. The van der Waals surface area contributed by atoms with E-state index >= 15 is 0 Å². The standard InChI is InChI=1S/C22H23ClN6O3/c1-27-10-17(9-26-27)11-28-12-19(32-15-16-3-2-5-24-8-16)13-29(14-21(28)30)22(31)18-4-6-25-20(23)7-18/h2-10,19H,11-15H2,1H3. The van der Waals surface area contributed by atoms with E-state index in [1.807, 2.05) is 25.4 Å². The zero-order valence-corrected chi connectivity index (χ0v) is 18.4. The number of amides is 2. The Morgan fingerprint density at radius 1 is 1.22 bits per heavy atom. The van der Waals surface area contributed by atoms with Crippen LogP contribution in [0.5, 0.6) is 0 Å². The molecule has 10 heteroatoms. The number of nitrogens with zero attached hydrogens (tertiary/aromatic N) is 6. The Labute approximate surface area is 190 Å². The van der Waals surface area contributed by atoms with Crippen LogP contribution in [0.25, 0.3) is 0 Å². The molecule has 0 bridgehead atoms. The molecule has 32 heavy (non-hydrogen) atoms. The fraction of sp³-hybridized carbons (Fsp3) is 0.318. The van der Waals surface area contributed by atoms with Crippen LogP contribution in [0.2, 0.25) is 5.15 Å². The van der Waals surface area contributed by atoms with Crippen molar-refractivity contribution in [1.29, 1.82) is 0 Å². The average Bonchev–Trinajstić information content (AvgIpc) is 3.13. The van der Waals surface area contributed by atoms with Crippen molar-refractivity contribution in [3.05, 3.63) is 77.1 Å². The van der Waals surface area contributed by atoms with E-state index in [0.717, 1.165) is 11.1 Å². The lowest BCUT2D eigenvalue weighted by molar-refractivity contribution is -0.132. The van der Waals surface area contributed by atoms with Crippen molar-refractivity contribution in [2.24, 2.45) is 7.05 Å². The number of carbonyl (C=O) groups is 2. The van der Waals surface area contributed by atoms with Gasteiger partial charge in [0.1, 0.15) is 11.7 Å². The maximum Gasteiger partial charge on any atom is 0.254 e. The van der Waals surface area contributed by atoms with Crippen LogP contribution in [-0.4, -0.2) is 67.1 Å². The molecule has 2 amide bonds. The molecule has 9 nitrogen and oxygen atoms in total. The molecule has 1 saturated heterocycles. The molecular weight excluding hydrogens is 432 g/mol. The van der Waals surface area contributed by atoms with Gasteiger partial charge in [0.15, 0.2) is 0 Å². The number of rotatable bonds is 6. The van der Waals surface area contributed by atoms with Gasteiger partial charge in [-0.05, 0) is 23.8 Å². The van der Waals surface area contributed by atoms with E-state index in [2.05, 4.69) is 15.1 Å². The Hall–Kier alpha value is -3.30. The summed E-state index contributed by atoms with van der Waals surface area (Å²) in [5, 5.41) is 4.40. The first-order valence-corrected chi connectivity index (χ1v) is 10.5. The number of pyridine rings is 2. The molecule has 3 aromatic heterocycles. The third-order valence-electron chi connectivity index (χ3n) is 5.13. The Balaban J connectivity index is 1.54. The van der Waals surface area contributed by atoms with E-state index in [4.69, 9.17) is 16.3 Å². The van der Waals surface area contributed by atoms with Gasteiger partial charge in [0, 0.05) is 62.6 Å². The van der Waals surface area contributed by atoms with E-state index < -0.39 is 0 Å². The van der Waals surface area contributed by atoms with Gasteiger partial charge < -0.3 is 14.5 Å². The largest absolute Gasteiger partial charge is 0.370 e. The SMILES string of the molecule is Cn1cc(CN2CC(OCc3cccnc3)CN(C(=O)c3ccnc(Cl)c3)CC2=O)cn1. The van der Waals surface area contributed by atoms with Crippen molar-refractivity contribution in [3.8, 4) is 0 Å². The smallest absolute Gasteiger partial charge is 0.254 e. The van der Waals surface area contributed by atoms with Crippen LogP contribution in [0.3, 0.4) is 0 Å². The predicted molar refractivity (Wildman–Crippen MR) is 117 cm³/mol. The molecular formula is C22H23ClN6O3. The maximum atomic E-state index is 13.1. The van der Waals surface area contributed by atoms with Gasteiger partial charge in [-0.1, -0.05) is 17.7 Å². The third kappa shape index (κ3) is 5.49. The normalized spacial score (nSPS) is 16.8. The molecule has 3 aromatic rings. The van der Waals surface area contributed by atoms with E-state index in [0.29, 0.717) is 25.3 Å².